The molecule has 1 amide bonds. The zero-order valence-corrected chi connectivity index (χ0v) is 14.6. The van der Waals surface area contributed by atoms with Gasteiger partial charge in [0.1, 0.15) is 5.60 Å². The van der Waals surface area contributed by atoms with Crippen molar-refractivity contribution in [3.8, 4) is 0 Å². The fraction of sp³-hybridized carbons (Fsp3) is 0.938. The van der Waals surface area contributed by atoms with Gasteiger partial charge in [0.05, 0.1) is 0 Å². The first-order chi connectivity index (χ1) is 9.69. The third-order valence-electron chi connectivity index (χ3n) is 4.09. The summed E-state index contributed by atoms with van der Waals surface area (Å²) >= 11 is 0. The maximum absolute atomic E-state index is 11.8. The molecular weight excluding hydrogens is 266 g/mol. The van der Waals surface area contributed by atoms with Crippen molar-refractivity contribution in [1.29, 1.82) is 0 Å². The minimum absolute atomic E-state index is 0.253. The lowest BCUT2D eigenvalue weighted by molar-refractivity contribution is 0.0298. The number of likely N-dealkylation sites (N-methyl/N-ethyl adjacent to an activating group) is 1. The Morgan fingerprint density at radius 1 is 1.38 bits per heavy atom. The Morgan fingerprint density at radius 3 is 2.48 bits per heavy atom. The fourth-order valence-electron chi connectivity index (χ4n) is 2.59. The van der Waals surface area contributed by atoms with Crippen LogP contribution in [0.4, 0.5) is 4.79 Å². The quantitative estimate of drug-likeness (QED) is 0.845. The first kappa shape index (κ1) is 18.2. The number of carbonyl (C=O) groups is 1. The van der Waals surface area contributed by atoms with E-state index < -0.39 is 5.60 Å². The maximum Gasteiger partial charge on any atom is 0.410 e. The summed E-state index contributed by atoms with van der Waals surface area (Å²) in [7, 11) is 3.97. The molecule has 0 radical (unpaired) electrons. The van der Waals surface area contributed by atoms with Crippen LogP contribution < -0.4 is 5.32 Å². The topological polar surface area (TPSA) is 44.8 Å². The lowest BCUT2D eigenvalue weighted by atomic mass is 9.90. The molecule has 1 heterocycles. The number of piperidine rings is 1. The average molecular weight is 299 g/mol. The van der Waals surface area contributed by atoms with E-state index in [-0.39, 0.29) is 6.09 Å². The molecule has 1 atom stereocenters. The summed E-state index contributed by atoms with van der Waals surface area (Å²) in [6.45, 7) is 11.8. The van der Waals surface area contributed by atoms with Gasteiger partial charge in [-0.1, -0.05) is 0 Å². The van der Waals surface area contributed by atoms with Gasteiger partial charge in [0.25, 0.3) is 0 Å². The minimum atomic E-state index is -0.430. The van der Waals surface area contributed by atoms with Crippen LogP contribution in [0.25, 0.3) is 0 Å². The molecule has 1 fully saturated rings. The van der Waals surface area contributed by atoms with Gasteiger partial charge in [0.2, 0.25) is 0 Å². The van der Waals surface area contributed by atoms with Crippen molar-refractivity contribution in [3.05, 3.63) is 0 Å². The van der Waals surface area contributed by atoms with Crippen molar-refractivity contribution in [2.45, 2.75) is 52.2 Å². The van der Waals surface area contributed by atoms with E-state index in [4.69, 9.17) is 4.74 Å². The number of nitrogens with one attached hydrogen (secondary N) is 1. The van der Waals surface area contributed by atoms with Gasteiger partial charge in [-0.2, -0.15) is 0 Å². The number of hydrogen-bond acceptors (Lipinski definition) is 4. The zero-order valence-electron chi connectivity index (χ0n) is 14.6. The highest BCUT2D eigenvalue weighted by Gasteiger charge is 2.22. The monoisotopic (exact) mass is 299 g/mol. The van der Waals surface area contributed by atoms with E-state index in [9.17, 15) is 4.79 Å². The number of nitrogens with zero attached hydrogens (tertiary/aromatic N) is 2. The Bertz CT molecular complexity index is 320. The van der Waals surface area contributed by atoms with Crippen LogP contribution in [0.5, 0.6) is 0 Å². The maximum atomic E-state index is 11.8. The summed E-state index contributed by atoms with van der Waals surface area (Å²) in [5.41, 5.74) is -0.430. The third-order valence-corrected chi connectivity index (χ3v) is 4.09. The lowest BCUT2D eigenvalue weighted by Crippen LogP contribution is -2.44. The van der Waals surface area contributed by atoms with Crippen molar-refractivity contribution in [2.75, 3.05) is 40.3 Å². The molecule has 1 aliphatic heterocycles. The third kappa shape index (κ3) is 7.14. The highest BCUT2D eigenvalue weighted by Crippen LogP contribution is 2.19. The molecular formula is C16H33N3O2. The lowest BCUT2D eigenvalue weighted by Gasteiger charge is -2.33. The summed E-state index contributed by atoms with van der Waals surface area (Å²) < 4.78 is 5.34. The molecule has 0 aromatic carbocycles. The molecule has 1 saturated heterocycles. The second-order valence-electron chi connectivity index (χ2n) is 7.29. The first-order valence-electron chi connectivity index (χ1n) is 8.05. The number of ether oxygens (including phenoxy) is 1. The largest absolute Gasteiger partial charge is 0.444 e. The molecule has 0 aromatic rings. The van der Waals surface area contributed by atoms with E-state index >= 15 is 0 Å². The Kier molecular flexibility index (Phi) is 6.94. The van der Waals surface area contributed by atoms with Gasteiger partial charge in [-0.3, -0.25) is 0 Å². The van der Waals surface area contributed by atoms with Gasteiger partial charge in [0, 0.05) is 26.2 Å². The van der Waals surface area contributed by atoms with Crippen molar-refractivity contribution in [3.63, 3.8) is 0 Å². The van der Waals surface area contributed by atoms with Crippen molar-refractivity contribution < 1.29 is 9.53 Å². The summed E-state index contributed by atoms with van der Waals surface area (Å²) in [5.74, 6) is 0.744. The fourth-order valence-corrected chi connectivity index (χ4v) is 2.59. The van der Waals surface area contributed by atoms with Crippen LogP contribution in [0, 0.1) is 5.92 Å². The van der Waals surface area contributed by atoms with Crippen molar-refractivity contribution in [2.24, 2.45) is 5.92 Å². The van der Waals surface area contributed by atoms with Crippen LogP contribution in [0.1, 0.15) is 40.5 Å². The van der Waals surface area contributed by atoms with Crippen molar-refractivity contribution in [1.82, 2.24) is 15.1 Å². The van der Waals surface area contributed by atoms with Gasteiger partial charge in [-0.15, -0.1) is 0 Å². The van der Waals surface area contributed by atoms with E-state index in [1.54, 1.807) is 11.9 Å². The van der Waals surface area contributed by atoms with Crippen LogP contribution in [-0.4, -0.2) is 67.8 Å². The van der Waals surface area contributed by atoms with E-state index in [2.05, 4.69) is 24.2 Å². The van der Waals surface area contributed by atoms with Crippen LogP contribution in [0.2, 0.25) is 0 Å². The Labute approximate surface area is 130 Å². The van der Waals surface area contributed by atoms with Gasteiger partial charge in [0.15, 0.2) is 0 Å². The molecule has 0 spiro atoms. The normalized spacial score (nSPS) is 19.3. The SMILES string of the molecule is CC(NCCN(C)C(=O)OC(C)(C)C)C1CCN(C)CC1. The van der Waals surface area contributed by atoms with Crippen LogP contribution in [0.15, 0.2) is 0 Å². The van der Waals surface area contributed by atoms with E-state index in [1.165, 1.54) is 25.9 Å². The molecule has 21 heavy (non-hydrogen) atoms. The van der Waals surface area contributed by atoms with Crippen LogP contribution >= 0.6 is 0 Å². The Hall–Kier alpha value is -0.810. The summed E-state index contributed by atoms with van der Waals surface area (Å²) in [6.07, 6.45) is 2.26. The minimum Gasteiger partial charge on any atom is -0.444 e. The van der Waals surface area contributed by atoms with Gasteiger partial charge < -0.3 is 19.9 Å². The standard InChI is InChI=1S/C16H33N3O2/c1-13(14-7-10-18(5)11-8-14)17-9-12-19(6)15(20)21-16(2,3)4/h13-14,17H,7-12H2,1-6H3. The van der Waals surface area contributed by atoms with E-state index in [0.29, 0.717) is 12.6 Å². The molecule has 124 valence electrons. The highest BCUT2D eigenvalue weighted by molar-refractivity contribution is 5.67. The molecule has 1 rings (SSSR count). The molecule has 5 heteroatoms. The molecule has 0 aliphatic carbocycles. The molecule has 1 N–H and O–H groups in total. The van der Waals surface area contributed by atoms with Gasteiger partial charge >= 0.3 is 6.09 Å². The molecule has 0 bridgehead atoms. The summed E-state index contributed by atoms with van der Waals surface area (Å²) in [6, 6.07) is 0.505. The van der Waals surface area contributed by atoms with E-state index in [1.807, 2.05) is 20.8 Å². The van der Waals surface area contributed by atoms with Gasteiger partial charge in [-0.05, 0) is 66.6 Å². The molecule has 1 unspecified atom stereocenters. The Morgan fingerprint density at radius 2 is 1.95 bits per heavy atom. The predicted octanol–water partition coefficient (Wildman–Crippen LogP) is 2.17. The van der Waals surface area contributed by atoms with Crippen LogP contribution in [-0.2, 0) is 4.74 Å². The highest BCUT2D eigenvalue weighted by atomic mass is 16.6. The zero-order chi connectivity index (χ0) is 16.0. The first-order valence-corrected chi connectivity index (χ1v) is 8.05. The second-order valence-corrected chi connectivity index (χ2v) is 7.29. The molecule has 5 nitrogen and oxygen atoms in total. The number of rotatable bonds is 5. The molecule has 0 saturated carbocycles. The predicted molar refractivity (Wildman–Crippen MR) is 86.5 cm³/mol. The number of amides is 1. The number of hydrogen-bond donors (Lipinski definition) is 1. The Balaban J connectivity index is 2.21. The van der Waals surface area contributed by atoms with E-state index in [0.717, 1.165) is 12.5 Å². The molecule has 1 aliphatic rings. The van der Waals surface area contributed by atoms with Crippen molar-refractivity contribution >= 4 is 6.09 Å². The number of carbonyl (C=O) groups excluding carboxylic acids is 1. The van der Waals surface area contributed by atoms with Gasteiger partial charge in [-0.25, -0.2) is 4.79 Å². The van der Waals surface area contributed by atoms with Crippen LogP contribution in [0.3, 0.4) is 0 Å². The second kappa shape index (κ2) is 7.99. The summed E-state index contributed by atoms with van der Waals surface area (Å²) in [4.78, 5) is 15.9. The summed E-state index contributed by atoms with van der Waals surface area (Å²) in [5, 5.41) is 3.55. The molecule has 0 aromatic heterocycles. The average Bonchev–Trinajstić information content (AvgIpc) is 2.37. The number of likely N-dealkylation sites (tertiary alicyclic amines) is 1. The smallest absolute Gasteiger partial charge is 0.410 e.